The molecule has 0 radical (unpaired) electrons. The topological polar surface area (TPSA) is 107 Å². The summed E-state index contributed by atoms with van der Waals surface area (Å²) in [6, 6.07) is 4.68. The predicted molar refractivity (Wildman–Crippen MR) is 101 cm³/mol. The van der Waals surface area contributed by atoms with Gasteiger partial charge in [-0.1, -0.05) is 0 Å². The standard InChI is InChI=1S/C20H26N2O7/c23-11-18-15(21-20(25)13-1-4-16-17(9-13)28-12-27-16)3-2-14(29-18)10-19(24)22-5-7-26-8-6-22/h1,4,9,14-15,18,23H,2-3,5-8,10-12H2,(H,21,25)/t14-,15+,18+/m1/s1. The van der Waals surface area contributed by atoms with Crippen LogP contribution in [0.4, 0.5) is 0 Å². The van der Waals surface area contributed by atoms with Gasteiger partial charge >= 0.3 is 0 Å². The van der Waals surface area contributed by atoms with Gasteiger partial charge in [-0.25, -0.2) is 0 Å². The van der Waals surface area contributed by atoms with Gasteiger partial charge in [-0.15, -0.1) is 0 Å². The minimum Gasteiger partial charge on any atom is -0.454 e. The van der Waals surface area contributed by atoms with Crippen LogP contribution in [0.5, 0.6) is 11.5 Å². The quantitative estimate of drug-likeness (QED) is 0.724. The molecule has 3 aliphatic rings. The third-order valence-corrected chi connectivity index (χ3v) is 5.51. The van der Waals surface area contributed by atoms with Gasteiger partial charge in [-0.3, -0.25) is 9.59 Å². The summed E-state index contributed by atoms with van der Waals surface area (Å²) >= 11 is 0. The lowest BCUT2D eigenvalue weighted by molar-refractivity contribution is -0.143. The van der Waals surface area contributed by atoms with Crippen molar-refractivity contribution < 1.29 is 33.6 Å². The number of fused-ring (bicyclic) bond motifs is 1. The summed E-state index contributed by atoms with van der Waals surface area (Å²) < 4.78 is 21.8. The normalized spacial score (nSPS) is 26.2. The molecule has 2 fully saturated rings. The van der Waals surface area contributed by atoms with E-state index in [9.17, 15) is 14.7 Å². The molecule has 1 aromatic rings. The molecule has 3 atom stereocenters. The molecule has 29 heavy (non-hydrogen) atoms. The molecule has 0 spiro atoms. The first-order valence-corrected chi connectivity index (χ1v) is 9.96. The molecule has 3 aliphatic heterocycles. The van der Waals surface area contributed by atoms with Crippen LogP contribution in [0.3, 0.4) is 0 Å². The first kappa shape index (κ1) is 19.9. The Bertz CT molecular complexity index is 750. The van der Waals surface area contributed by atoms with E-state index in [2.05, 4.69) is 5.32 Å². The Kier molecular flexibility index (Phi) is 6.17. The maximum atomic E-state index is 12.6. The molecular formula is C20H26N2O7. The van der Waals surface area contributed by atoms with E-state index < -0.39 is 6.10 Å². The molecule has 0 saturated carbocycles. The van der Waals surface area contributed by atoms with E-state index in [4.69, 9.17) is 18.9 Å². The molecule has 0 unspecified atom stereocenters. The molecule has 0 bridgehead atoms. The Hall–Kier alpha value is -2.36. The van der Waals surface area contributed by atoms with Crippen LogP contribution in [0.15, 0.2) is 18.2 Å². The lowest BCUT2D eigenvalue weighted by Gasteiger charge is -2.37. The lowest BCUT2D eigenvalue weighted by atomic mass is 9.96. The van der Waals surface area contributed by atoms with Crippen molar-refractivity contribution in [2.45, 2.75) is 37.5 Å². The fraction of sp³-hybridized carbons (Fsp3) is 0.600. The van der Waals surface area contributed by atoms with Crippen LogP contribution in [0, 0.1) is 0 Å². The average molecular weight is 406 g/mol. The molecule has 9 nitrogen and oxygen atoms in total. The minimum absolute atomic E-state index is 0.0397. The number of carbonyl (C=O) groups excluding carboxylic acids is 2. The maximum Gasteiger partial charge on any atom is 0.251 e. The number of nitrogens with one attached hydrogen (secondary N) is 1. The molecule has 4 rings (SSSR count). The Labute approximate surface area is 168 Å². The summed E-state index contributed by atoms with van der Waals surface area (Å²) in [6.45, 7) is 2.24. The zero-order valence-electron chi connectivity index (χ0n) is 16.2. The van der Waals surface area contributed by atoms with Gasteiger partial charge in [0.2, 0.25) is 12.7 Å². The minimum atomic E-state index is -0.552. The molecule has 2 N–H and O–H groups in total. The van der Waals surface area contributed by atoms with Gasteiger partial charge < -0.3 is 34.3 Å². The second kappa shape index (κ2) is 8.98. The molecule has 1 aromatic carbocycles. The van der Waals surface area contributed by atoms with Crippen molar-refractivity contribution in [3.8, 4) is 11.5 Å². The van der Waals surface area contributed by atoms with E-state index in [1.54, 1.807) is 23.1 Å². The summed E-state index contributed by atoms with van der Waals surface area (Å²) in [5.41, 5.74) is 0.454. The van der Waals surface area contributed by atoms with Gasteiger partial charge in [0, 0.05) is 18.7 Å². The highest BCUT2D eigenvalue weighted by Crippen LogP contribution is 2.32. The van der Waals surface area contributed by atoms with Crippen LogP contribution in [0.25, 0.3) is 0 Å². The fourth-order valence-corrected chi connectivity index (χ4v) is 3.87. The largest absolute Gasteiger partial charge is 0.454 e. The molecule has 158 valence electrons. The number of aliphatic hydroxyl groups is 1. The number of aliphatic hydroxyl groups excluding tert-OH is 1. The fourth-order valence-electron chi connectivity index (χ4n) is 3.87. The van der Waals surface area contributed by atoms with Gasteiger partial charge in [0.05, 0.1) is 38.4 Å². The van der Waals surface area contributed by atoms with Crippen molar-refractivity contribution >= 4 is 11.8 Å². The number of rotatable bonds is 5. The average Bonchev–Trinajstić information content (AvgIpc) is 3.23. The van der Waals surface area contributed by atoms with Crippen LogP contribution in [0.1, 0.15) is 29.6 Å². The number of amides is 2. The summed E-state index contributed by atoms with van der Waals surface area (Å²) in [6.07, 6.45) is 0.728. The number of nitrogens with zero attached hydrogens (tertiary/aromatic N) is 1. The van der Waals surface area contributed by atoms with E-state index >= 15 is 0 Å². The zero-order valence-corrected chi connectivity index (χ0v) is 16.2. The Morgan fingerprint density at radius 3 is 2.72 bits per heavy atom. The second-order valence-electron chi connectivity index (χ2n) is 7.40. The molecule has 2 amide bonds. The predicted octanol–water partition coefficient (Wildman–Crippen LogP) is 0.303. The van der Waals surface area contributed by atoms with E-state index in [0.29, 0.717) is 56.2 Å². The van der Waals surface area contributed by atoms with Crippen molar-refractivity contribution in [2.24, 2.45) is 0 Å². The third-order valence-electron chi connectivity index (χ3n) is 5.51. The van der Waals surface area contributed by atoms with Crippen LogP contribution >= 0.6 is 0 Å². The van der Waals surface area contributed by atoms with Gasteiger partial charge in [-0.05, 0) is 31.0 Å². The smallest absolute Gasteiger partial charge is 0.251 e. The van der Waals surface area contributed by atoms with Crippen molar-refractivity contribution in [3.05, 3.63) is 23.8 Å². The van der Waals surface area contributed by atoms with Gasteiger partial charge in [0.1, 0.15) is 6.10 Å². The van der Waals surface area contributed by atoms with Crippen molar-refractivity contribution in [1.82, 2.24) is 10.2 Å². The van der Waals surface area contributed by atoms with Crippen LogP contribution < -0.4 is 14.8 Å². The maximum absolute atomic E-state index is 12.6. The molecule has 2 saturated heterocycles. The first-order chi connectivity index (χ1) is 14.1. The van der Waals surface area contributed by atoms with E-state index in [1.165, 1.54) is 0 Å². The summed E-state index contributed by atoms with van der Waals surface area (Å²) in [5, 5.41) is 12.7. The number of morpholine rings is 1. The summed E-state index contributed by atoms with van der Waals surface area (Å²) in [7, 11) is 0. The Morgan fingerprint density at radius 2 is 1.93 bits per heavy atom. The van der Waals surface area contributed by atoms with Gasteiger partial charge in [-0.2, -0.15) is 0 Å². The monoisotopic (exact) mass is 406 g/mol. The van der Waals surface area contributed by atoms with E-state index in [0.717, 1.165) is 0 Å². The Balaban J connectivity index is 1.31. The lowest BCUT2D eigenvalue weighted by Crippen LogP contribution is -2.52. The van der Waals surface area contributed by atoms with Gasteiger partial charge in [0.15, 0.2) is 11.5 Å². The van der Waals surface area contributed by atoms with E-state index in [1.807, 2.05) is 0 Å². The van der Waals surface area contributed by atoms with Crippen molar-refractivity contribution in [3.63, 3.8) is 0 Å². The highest BCUT2D eigenvalue weighted by molar-refractivity contribution is 5.95. The number of benzene rings is 1. The third kappa shape index (κ3) is 4.63. The number of hydrogen-bond acceptors (Lipinski definition) is 7. The number of hydrogen-bond donors (Lipinski definition) is 2. The van der Waals surface area contributed by atoms with Crippen molar-refractivity contribution in [1.29, 1.82) is 0 Å². The van der Waals surface area contributed by atoms with Gasteiger partial charge in [0.25, 0.3) is 5.91 Å². The highest BCUT2D eigenvalue weighted by Gasteiger charge is 2.34. The van der Waals surface area contributed by atoms with E-state index in [-0.39, 0.29) is 43.8 Å². The highest BCUT2D eigenvalue weighted by atomic mass is 16.7. The zero-order chi connectivity index (χ0) is 20.2. The molecule has 9 heteroatoms. The van der Waals surface area contributed by atoms with Crippen LogP contribution in [-0.4, -0.2) is 79.8 Å². The Morgan fingerprint density at radius 1 is 1.14 bits per heavy atom. The number of ether oxygens (including phenoxy) is 4. The molecule has 3 heterocycles. The summed E-state index contributed by atoms with van der Waals surface area (Å²) in [4.78, 5) is 26.8. The van der Waals surface area contributed by atoms with Crippen LogP contribution in [-0.2, 0) is 14.3 Å². The van der Waals surface area contributed by atoms with Crippen LogP contribution in [0.2, 0.25) is 0 Å². The number of carbonyl (C=O) groups is 2. The molecule has 0 aliphatic carbocycles. The SMILES string of the molecule is O=C(N[C@H]1CC[C@H](CC(=O)N2CCOCC2)O[C@H]1CO)c1ccc2c(c1)OCO2. The molecule has 0 aromatic heterocycles. The molecular weight excluding hydrogens is 380 g/mol. The summed E-state index contributed by atoms with van der Waals surface area (Å²) in [5.74, 6) is 0.928. The first-order valence-electron chi connectivity index (χ1n) is 9.96. The second-order valence-corrected chi connectivity index (χ2v) is 7.40. The van der Waals surface area contributed by atoms with Crippen molar-refractivity contribution in [2.75, 3.05) is 39.7 Å².